The van der Waals surface area contributed by atoms with E-state index in [0.717, 1.165) is 25.7 Å². The van der Waals surface area contributed by atoms with Gasteiger partial charge in [0.1, 0.15) is 17.9 Å². The van der Waals surface area contributed by atoms with Crippen LogP contribution in [0, 0.1) is 0 Å². The molecule has 0 spiro atoms. The molecule has 1 aromatic heterocycles. The number of carbonyl (C=O) groups excluding carboxylic acids is 2. The Morgan fingerprint density at radius 1 is 1.39 bits per heavy atom. The van der Waals surface area contributed by atoms with Gasteiger partial charge in [-0.15, -0.1) is 0 Å². The van der Waals surface area contributed by atoms with Gasteiger partial charge in [0.25, 0.3) is 0 Å². The first-order valence-electron chi connectivity index (χ1n) is 8.46. The van der Waals surface area contributed by atoms with Crippen molar-refractivity contribution in [2.45, 2.75) is 63.1 Å². The van der Waals surface area contributed by atoms with Crippen molar-refractivity contribution in [1.82, 2.24) is 10.2 Å². The molecular weight excluding hydrogens is 296 g/mol. The van der Waals surface area contributed by atoms with Crippen LogP contribution in [0.3, 0.4) is 0 Å². The van der Waals surface area contributed by atoms with E-state index < -0.39 is 12.1 Å². The summed E-state index contributed by atoms with van der Waals surface area (Å²) in [6, 6.07) is 3.10. The molecule has 3 heterocycles. The number of likely N-dealkylation sites (tertiary alicyclic amines) is 1. The number of hydrogen-bond donors (Lipinski definition) is 2. The van der Waals surface area contributed by atoms with Crippen LogP contribution < -0.4 is 5.32 Å². The maximum absolute atomic E-state index is 12.8. The molecule has 0 unspecified atom stereocenters. The van der Waals surface area contributed by atoms with E-state index >= 15 is 0 Å². The molecule has 1 aromatic rings. The predicted octanol–water partition coefficient (Wildman–Crippen LogP) is 1.75. The second-order valence-corrected chi connectivity index (χ2v) is 6.46. The first-order chi connectivity index (χ1) is 11.1. The lowest BCUT2D eigenvalue weighted by atomic mass is 10.0. The first-order valence-corrected chi connectivity index (χ1v) is 8.46. The Balaban J connectivity index is 1.69. The number of furan rings is 1. The molecule has 3 atom stereocenters. The number of hydrogen-bond acceptors (Lipinski definition) is 4. The lowest BCUT2D eigenvalue weighted by molar-refractivity contribution is -0.137. The van der Waals surface area contributed by atoms with Gasteiger partial charge in [-0.2, -0.15) is 0 Å². The van der Waals surface area contributed by atoms with Crippen LogP contribution in [-0.4, -0.2) is 40.4 Å². The largest absolute Gasteiger partial charge is 0.467 e. The van der Waals surface area contributed by atoms with E-state index in [0.29, 0.717) is 31.6 Å². The van der Waals surface area contributed by atoms with Crippen LogP contribution in [-0.2, 0) is 9.59 Å². The van der Waals surface area contributed by atoms with E-state index in [1.807, 2.05) is 4.90 Å². The Hall–Kier alpha value is -1.82. The molecule has 6 heteroatoms. The molecule has 2 aliphatic rings. The van der Waals surface area contributed by atoms with Gasteiger partial charge in [-0.1, -0.05) is 12.8 Å². The van der Waals surface area contributed by atoms with Crippen molar-refractivity contribution in [3.63, 3.8) is 0 Å². The van der Waals surface area contributed by atoms with Gasteiger partial charge in [-0.05, 0) is 31.4 Å². The van der Waals surface area contributed by atoms with Crippen LogP contribution in [0.5, 0.6) is 0 Å². The number of aliphatic hydroxyl groups is 1. The molecule has 2 fully saturated rings. The summed E-state index contributed by atoms with van der Waals surface area (Å²) in [5.41, 5.74) is 0. The molecule has 0 aliphatic carbocycles. The minimum absolute atomic E-state index is 0.00519. The third kappa shape index (κ3) is 3.75. The van der Waals surface area contributed by atoms with Crippen LogP contribution in [0.4, 0.5) is 0 Å². The van der Waals surface area contributed by atoms with Crippen molar-refractivity contribution in [2.24, 2.45) is 0 Å². The highest BCUT2D eigenvalue weighted by molar-refractivity contribution is 5.91. The van der Waals surface area contributed by atoms with Gasteiger partial charge in [-0.25, -0.2) is 0 Å². The van der Waals surface area contributed by atoms with Gasteiger partial charge in [0.05, 0.1) is 6.26 Å². The van der Waals surface area contributed by atoms with Crippen molar-refractivity contribution in [2.75, 3.05) is 6.54 Å². The molecule has 2 aliphatic heterocycles. The summed E-state index contributed by atoms with van der Waals surface area (Å²) < 4.78 is 5.27. The smallest absolute Gasteiger partial charge is 0.245 e. The Morgan fingerprint density at radius 3 is 2.96 bits per heavy atom. The van der Waals surface area contributed by atoms with Gasteiger partial charge >= 0.3 is 0 Å². The van der Waals surface area contributed by atoms with Gasteiger partial charge < -0.3 is 19.7 Å². The Labute approximate surface area is 135 Å². The van der Waals surface area contributed by atoms with Crippen LogP contribution in [0.1, 0.15) is 56.8 Å². The van der Waals surface area contributed by atoms with Crippen LogP contribution in [0.2, 0.25) is 0 Å². The Morgan fingerprint density at radius 2 is 2.26 bits per heavy atom. The van der Waals surface area contributed by atoms with Crippen LogP contribution in [0.25, 0.3) is 0 Å². The standard InChI is InChI=1S/C17H24N2O4/c20-14(15-6-4-10-23-15)11-12-5-2-1-3-9-19(12)17(22)13-7-8-16(21)18-13/h4,6,10,12-14,20H,1-3,5,7-9,11H2,(H,18,21)/t12-,13+,14-/m0/s1. The van der Waals surface area contributed by atoms with Gasteiger partial charge in [0.2, 0.25) is 11.8 Å². The number of amides is 2. The van der Waals surface area contributed by atoms with Crippen molar-refractivity contribution in [3.05, 3.63) is 24.2 Å². The summed E-state index contributed by atoms with van der Waals surface area (Å²) in [7, 11) is 0. The highest BCUT2D eigenvalue weighted by Crippen LogP contribution is 2.28. The molecule has 23 heavy (non-hydrogen) atoms. The van der Waals surface area contributed by atoms with E-state index in [1.165, 1.54) is 0 Å². The Kier molecular flexibility index (Phi) is 5.00. The second kappa shape index (κ2) is 7.17. The minimum atomic E-state index is -0.707. The molecule has 0 aromatic carbocycles. The van der Waals surface area contributed by atoms with Crippen LogP contribution in [0.15, 0.2) is 22.8 Å². The average molecular weight is 320 g/mol. The topological polar surface area (TPSA) is 82.8 Å². The lowest BCUT2D eigenvalue weighted by Crippen LogP contribution is -2.49. The third-order valence-electron chi connectivity index (χ3n) is 4.82. The van der Waals surface area contributed by atoms with Crippen LogP contribution >= 0.6 is 0 Å². The molecule has 2 amide bonds. The van der Waals surface area contributed by atoms with Crippen molar-refractivity contribution in [3.8, 4) is 0 Å². The van der Waals surface area contributed by atoms with Crippen molar-refractivity contribution in [1.29, 1.82) is 0 Å². The summed E-state index contributed by atoms with van der Waals surface area (Å²) in [5, 5.41) is 13.1. The quantitative estimate of drug-likeness (QED) is 0.885. The first kappa shape index (κ1) is 16.1. The molecule has 3 rings (SSSR count). The number of nitrogens with one attached hydrogen (secondary N) is 1. The number of carbonyl (C=O) groups is 2. The minimum Gasteiger partial charge on any atom is -0.467 e. The summed E-state index contributed by atoms with van der Waals surface area (Å²) in [4.78, 5) is 26.0. The van der Waals surface area contributed by atoms with Gasteiger partial charge in [0.15, 0.2) is 0 Å². The Bertz CT molecular complexity index is 543. The maximum Gasteiger partial charge on any atom is 0.245 e. The molecular formula is C17H24N2O4. The highest BCUT2D eigenvalue weighted by Gasteiger charge is 2.35. The lowest BCUT2D eigenvalue weighted by Gasteiger charge is -2.33. The van der Waals surface area contributed by atoms with E-state index in [-0.39, 0.29) is 17.9 Å². The fraction of sp³-hybridized carbons (Fsp3) is 0.647. The zero-order valence-corrected chi connectivity index (χ0v) is 13.2. The maximum atomic E-state index is 12.8. The molecule has 2 N–H and O–H groups in total. The molecule has 0 radical (unpaired) electrons. The molecule has 0 saturated carbocycles. The number of nitrogens with zero attached hydrogens (tertiary/aromatic N) is 1. The molecule has 0 bridgehead atoms. The number of aliphatic hydroxyl groups excluding tert-OH is 1. The van der Waals surface area contributed by atoms with Crippen molar-refractivity contribution >= 4 is 11.8 Å². The predicted molar refractivity (Wildman–Crippen MR) is 83.4 cm³/mol. The number of rotatable bonds is 4. The summed E-state index contributed by atoms with van der Waals surface area (Å²) in [6.45, 7) is 0.695. The van der Waals surface area contributed by atoms with Gasteiger partial charge in [0, 0.05) is 25.4 Å². The normalized spacial score (nSPS) is 26.7. The van der Waals surface area contributed by atoms with E-state index in [1.54, 1.807) is 18.4 Å². The van der Waals surface area contributed by atoms with E-state index in [9.17, 15) is 14.7 Å². The fourth-order valence-corrected chi connectivity index (χ4v) is 3.57. The van der Waals surface area contributed by atoms with Crippen molar-refractivity contribution < 1.29 is 19.1 Å². The molecule has 6 nitrogen and oxygen atoms in total. The SMILES string of the molecule is O=C1CC[C@H](C(=O)N2CCCCC[C@H]2C[C@H](O)c2ccco2)N1. The average Bonchev–Trinajstić information content (AvgIpc) is 3.16. The van der Waals surface area contributed by atoms with E-state index in [4.69, 9.17) is 4.42 Å². The third-order valence-corrected chi connectivity index (χ3v) is 4.82. The molecule has 2 saturated heterocycles. The zero-order chi connectivity index (χ0) is 16.2. The monoisotopic (exact) mass is 320 g/mol. The summed E-state index contributed by atoms with van der Waals surface area (Å²) in [6.07, 6.45) is 6.30. The molecule has 126 valence electrons. The van der Waals surface area contributed by atoms with E-state index in [2.05, 4.69) is 5.32 Å². The second-order valence-electron chi connectivity index (χ2n) is 6.46. The summed E-state index contributed by atoms with van der Waals surface area (Å²) >= 11 is 0. The fourth-order valence-electron chi connectivity index (χ4n) is 3.57. The van der Waals surface area contributed by atoms with Gasteiger partial charge in [-0.3, -0.25) is 9.59 Å². The zero-order valence-electron chi connectivity index (χ0n) is 13.2. The highest BCUT2D eigenvalue weighted by atomic mass is 16.4. The summed E-state index contributed by atoms with van der Waals surface area (Å²) in [5.74, 6) is 0.482.